The van der Waals surface area contributed by atoms with Crippen LogP contribution in [-0.2, 0) is 9.53 Å². The molecule has 4 nitrogen and oxygen atoms in total. The van der Waals surface area contributed by atoms with Crippen molar-refractivity contribution in [3.05, 3.63) is 47.7 Å². The molecule has 0 saturated carbocycles. The van der Waals surface area contributed by atoms with Crippen molar-refractivity contribution in [2.24, 2.45) is 0 Å². The number of carbonyl (C=O) groups is 2. The molecule has 16 heavy (non-hydrogen) atoms. The molecule has 4 heteroatoms. The van der Waals surface area contributed by atoms with E-state index in [0.29, 0.717) is 0 Å². The Labute approximate surface area is 92.9 Å². The molecule has 1 aromatic rings. The lowest BCUT2D eigenvalue weighted by atomic mass is 10.0. The minimum atomic E-state index is -0.712. The van der Waals surface area contributed by atoms with Crippen LogP contribution in [-0.4, -0.2) is 12.0 Å². The first-order valence-electron chi connectivity index (χ1n) is 4.97. The van der Waals surface area contributed by atoms with Crippen molar-refractivity contribution in [3.63, 3.8) is 0 Å². The molecule has 1 saturated heterocycles. The summed E-state index contributed by atoms with van der Waals surface area (Å²) < 4.78 is 4.73. The summed E-state index contributed by atoms with van der Waals surface area (Å²) in [4.78, 5) is 22.0. The molecule has 1 heterocycles. The number of allylic oxidation sites excluding steroid dienone is 1. The van der Waals surface area contributed by atoms with Gasteiger partial charge in [-0.2, -0.15) is 0 Å². The number of amides is 2. The normalized spacial score (nSPS) is 19.4. The molecule has 1 aromatic carbocycles. The van der Waals surface area contributed by atoms with Crippen molar-refractivity contribution < 1.29 is 14.3 Å². The monoisotopic (exact) mass is 217 g/mol. The second-order valence-corrected chi connectivity index (χ2v) is 3.57. The van der Waals surface area contributed by atoms with E-state index in [4.69, 9.17) is 4.74 Å². The number of cyclic esters (lactones) is 1. The summed E-state index contributed by atoms with van der Waals surface area (Å²) in [5.41, 5.74) is 1.06. The van der Waals surface area contributed by atoms with Crippen LogP contribution in [0.25, 0.3) is 0 Å². The Kier molecular flexibility index (Phi) is 2.72. The van der Waals surface area contributed by atoms with Crippen LogP contribution >= 0.6 is 0 Å². The van der Waals surface area contributed by atoms with Gasteiger partial charge >= 0.3 is 6.09 Å². The molecule has 0 aliphatic carbocycles. The van der Waals surface area contributed by atoms with Crippen LogP contribution < -0.4 is 5.32 Å². The Hall–Kier alpha value is -2.10. The van der Waals surface area contributed by atoms with Gasteiger partial charge in [-0.25, -0.2) is 4.79 Å². The van der Waals surface area contributed by atoms with Crippen molar-refractivity contribution in [1.29, 1.82) is 0 Å². The van der Waals surface area contributed by atoms with Crippen LogP contribution in [0.4, 0.5) is 4.79 Å². The van der Waals surface area contributed by atoms with E-state index in [2.05, 4.69) is 5.32 Å². The zero-order valence-corrected chi connectivity index (χ0v) is 8.77. The molecule has 1 fully saturated rings. The molecule has 1 aliphatic rings. The summed E-state index contributed by atoms with van der Waals surface area (Å²) in [6, 6.07) is 9.68. The van der Waals surface area contributed by atoms with Gasteiger partial charge < -0.3 is 4.74 Å². The Bertz CT molecular complexity index is 451. The fourth-order valence-electron chi connectivity index (χ4n) is 1.52. The second kappa shape index (κ2) is 4.18. The van der Waals surface area contributed by atoms with E-state index in [9.17, 15) is 9.59 Å². The first-order chi connectivity index (χ1) is 7.66. The maximum Gasteiger partial charge on any atom is 0.419 e. The fourth-order valence-corrected chi connectivity index (χ4v) is 1.52. The molecule has 0 bridgehead atoms. The number of ether oxygens (including phenoxy) is 1. The van der Waals surface area contributed by atoms with Crippen molar-refractivity contribution in [2.75, 3.05) is 0 Å². The third kappa shape index (κ3) is 2.11. The summed E-state index contributed by atoms with van der Waals surface area (Å²) in [6.07, 6.45) is 0.923. The Morgan fingerprint density at radius 3 is 2.50 bits per heavy atom. The highest BCUT2D eigenvalue weighted by Gasteiger charge is 2.26. The van der Waals surface area contributed by atoms with Crippen molar-refractivity contribution in [3.8, 4) is 0 Å². The van der Waals surface area contributed by atoms with E-state index < -0.39 is 12.0 Å². The average molecular weight is 217 g/mol. The summed E-state index contributed by atoms with van der Waals surface area (Å²) in [5.74, 6) is -0.387. The molecule has 0 spiro atoms. The topological polar surface area (TPSA) is 55.4 Å². The molecule has 0 aromatic heterocycles. The third-order valence-electron chi connectivity index (χ3n) is 2.37. The smallest absolute Gasteiger partial charge is 0.404 e. The van der Waals surface area contributed by atoms with Crippen LogP contribution in [0.3, 0.4) is 0 Å². The lowest BCUT2D eigenvalue weighted by Crippen LogP contribution is -2.18. The van der Waals surface area contributed by atoms with Gasteiger partial charge in [-0.1, -0.05) is 37.3 Å². The first-order valence-corrected chi connectivity index (χ1v) is 4.97. The van der Waals surface area contributed by atoms with Gasteiger partial charge in [0.05, 0.1) is 0 Å². The molecule has 1 atom stereocenters. The number of carbonyl (C=O) groups excluding carboxylic acids is 2. The molecule has 0 radical (unpaired) electrons. The SMILES string of the molecule is CC(C=C1OC(=O)NC1=O)c1ccccc1. The predicted octanol–water partition coefficient (Wildman–Crippen LogP) is 1.94. The van der Waals surface area contributed by atoms with Gasteiger partial charge in [-0.3, -0.25) is 10.1 Å². The quantitative estimate of drug-likeness (QED) is 0.770. The van der Waals surface area contributed by atoms with E-state index in [1.165, 1.54) is 0 Å². The molecule has 2 amide bonds. The Morgan fingerprint density at radius 1 is 1.25 bits per heavy atom. The van der Waals surface area contributed by atoms with Gasteiger partial charge in [-0.15, -0.1) is 0 Å². The molecule has 82 valence electrons. The standard InChI is InChI=1S/C12H11NO3/c1-8(9-5-3-2-4-6-9)7-10-11(14)13-12(15)16-10/h2-8H,1H3,(H,13,14,15). The van der Waals surface area contributed by atoms with Crippen LogP contribution in [0.15, 0.2) is 42.2 Å². The van der Waals surface area contributed by atoms with Gasteiger partial charge in [-0.05, 0) is 11.6 Å². The molecule has 1 aliphatic heterocycles. The highest BCUT2D eigenvalue weighted by molar-refractivity contribution is 6.07. The van der Waals surface area contributed by atoms with Crippen LogP contribution in [0, 0.1) is 0 Å². The van der Waals surface area contributed by atoms with Crippen LogP contribution in [0.5, 0.6) is 0 Å². The number of nitrogens with one attached hydrogen (secondary N) is 1. The summed E-state index contributed by atoms with van der Waals surface area (Å²) in [5, 5.41) is 2.06. The predicted molar refractivity (Wildman–Crippen MR) is 57.6 cm³/mol. The fraction of sp³-hybridized carbons (Fsp3) is 0.167. The molecular formula is C12H11NO3. The first kappa shape index (κ1) is 10.4. The van der Waals surface area contributed by atoms with E-state index >= 15 is 0 Å². The maximum atomic E-state index is 11.2. The van der Waals surface area contributed by atoms with Crippen LogP contribution in [0.1, 0.15) is 18.4 Å². The molecule has 2 rings (SSSR count). The average Bonchev–Trinajstić information content (AvgIpc) is 2.59. The van der Waals surface area contributed by atoms with Crippen LogP contribution in [0.2, 0.25) is 0 Å². The number of rotatable bonds is 2. The highest BCUT2D eigenvalue weighted by Crippen LogP contribution is 2.19. The zero-order valence-electron chi connectivity index (χ0n) is 8.77. The number of alkyl carbamates (subject to hydrolysis) is 1. The lowest BCUT2D eigenvalue weighted by Gasteiger charge is -2.06. The Balaban J connectivity index is 2.18. The number of hydrogen-bond donors (Lipinski definition) is 1. The Morgan fingerprint density at radius 2 is 1.94 bits per heavy atom. The van der Waals surface area contributed by atoms with Crippen molar-refractivity contribution >= 4 is 12.0 Å². The number of benzene rings is 1. The summed E-state index contributed by atoms with van der Waals surface area (Å²) in [6.45, 7) is 1.93. The van der Waals surface area contributed by atoms with E-state index in [-0.39, 0.29) is 11.7 Å². The lowest BCUT2D eigenvalue weighted by molar-refractivity contribution is -0.116. The van der Waals surface area contributed by atoms with Gasteiger partial charge in [0.1, 0.15) is 0 Å². The highest BCUT2D eigenvalue weighted by atomic mass is 16.6. The minimum absolute atomic E-state index is 0.0212. The minimum Gasteiger partial charge on any atom is -0.404 e. The van der Waals surface area contributed by atoms with Gasteiger partial charge in [0.2, 0.25) is 0 Å². The summed E-state index contributed by atoms with van der Waals surface area (Å²) in [7, 11) is 0. The zero-order chi connectivity index (χ0) is 11.5. The number of hydrogen-bond acceptors (Lipinski definition) is 3. The van der Waals surface area contributed by atoms with Gasteiger partial charge in [0.15, 0.2) is 5.76 Å². The van der Waals surface area contributed by atoms with E-state index in [0.717, 1.165) is 5.56 Å². The molecule has 1 N–H and O–H groups in total. The third-order valence-corrected chi connectivity index (χ3v) is 2.37. The molecule has 1 unspecified atom stereocenters. The van der Waals surface area contributed by atoms with Crippen molar-refractivity contribution in [2.45, 2.75) is 12.8 Å². The molecular weight excluding hydrogens is 206 g/mol. The van der Waals surface area contributed by atoms with Gasteiger partial charge in [0.25, 0.3) is 5.91 Å². The maximum absolute atomic E-state index is 11.2. The van der Waals surface area contributed by atoms with E-state index in [1.807, 2.05) is 37.3 Å². The van der Waals surface area contributed by atoms with Gasteiger partial charge in [0, 0.05) is 5.92 Å². The second-order valence-electron chi connectivity index (χ2n) is 3.57. The van der Waals surface area contributed by atoms with Crippen molar-refractivity contribution in [1.82, 2.24) is 5.32 Å². The summed E-state index contributed by atoms with van der Waals surface area (Å²) >= 11 is 0. The largest absolute Gasteiger partial charge is 0.419 e. The number of imide groups is 1. The van der Waals surface area contributed by atoms with E-state index in [1.54, 1.807) is 6.08 Å².